The van der Waals surface area contributed by atoms with Gasteiger partial charge in [0, 0.05) is 17.1 Å². The summed E-state index contributed by atoms with van der Waals surface area (Å²) in [5.74, 6) is -1.50. The fraction of sp³-hybridized carbons (Fsp3) is 0.267. The number of carbonyl (C=O) groups excluding carboxylic acids is 1. The lowest BCUT2D eigenvalue weighted by Crippen LogP contribution is -2.52. The molecule has 3 rings (SSSR count). The predicted molar refractivity (Wildman–Crippen MR) is 82.3 cm³/mol. The van der Waals surface area contributed by atoms with E-state index in [1.54, 1.807) is 30.3 Å². The van der Waals surface area contributed by atoms with Crippen molar-refractivity contribution in [3.05, 3.63) is 41.0 Å². The molecule has 2 N–H and O–H groups in total. The molecule has 2 aromatic rings. The first-order valence-electron chi connectivity index (χ1n) is 6.99. The molecule has 1 aliphatic rings. The van der Waals surface area contributed by atoms with E-state index >= 15 is 0 Å². The fourth-order valence-electron chi connectivity index (χ4n) is 2.41. The van der Waals surface area contributed by atoms with Crippen molar-refractivity contribution >= 4 is 23.5 Å². The first-order valence-corrected chi connectivity index (χ1v) is 7.37. The maximum atomic E-state index is 12.5. The van der Waals surface area contributed by atoms with Crippen molar-refractivity contribution in [1.29, 1.82) is 0 Å². The van der Waals surface area contributed by atoms with E-state index < -0.39 is 17.9 Å². The molecule has 0 spiro atoms. The van der Waals surface area contributed by atoms with Crippen LogP contribution in [0.25, 0.3) is 11.3 Å². The molecule has 1 aromatic heterocycles. The van der Waals surface area contributed by atoms with Crippen LogP contribution in [0.2, 0.25) is 5.02 Å². The third-order valence-electron chi connectivity index (χ3n) is 3.62. The van der Waals surface area contributed by atoms with Crippen LogP contribution >= 0.6 is 11.6 Å². The van der Waals surface area contributed by atoms with Crippen LogP contribution in [0.5, 0.6) is 0 Å². The second kappa shape index (κ2) is 6.39. The van der Waals surface area contributed by atoms with Gasteiger partial charge in [-0.3, -0.25) is 9.89 Å². The highest BCUT2D eigenvalue weighted by Crippen LogP contribution is 2.21. The van der Waals surface area contributed by atoms with Crippen LogP contribution in [0, 0.1) is 0 Å². The SMILES string of the molecule is O=C(O)C1COCCN1C(=O)c1cc(-c2ccc(Cl)cc2)n[nH]1. The monoisotopic (exact) mass is 335 g/mol. The van der Waals surface area contributed by atoms with Crippen LogP contribution in [0.3, 0.4) is 0 Å². The van der Waals surface area contributed by atoms with Gasteiger partial charge in [-0.05, 0) is 18.2 Å². The summed E-state index contributed by atoms with van der Waals surface area (Å²) in [7, 11) is 0. The number of aliphatic carboxylic acids is 1. The zero-order valence-electron chi connectivity index (χ0n) is 12.0. The van der Waals surface area contributed by atoms with E-state index in [-0.39, 0.29) is 18.8 Å². The Morgan fingerprint density at radius 2 is 2.09 bits per heavy atom. The minimum Gasteiger partial charge on any atom is -0.480 e. The van der Waals surface area contributed by atoms with Gasteiger partial charge in [-0.15, -0.1) is 0 Å². The smallest absolute Gasteiger partial charge is 0.328 e. The number of aromatic nitrogens is 2. The van der Waals surface area contributed by atoms with Gasteiger partial charge < -0.3 is 14.7 Å². The number of amides is 1. The number of rotatable bonds is 3. The predicted octanol–water partition coefficient (Wildman–Crippen LogP) is 1.66. The summed E-state index contributed by atoms with van der Waals surface area (Å²) in [5, 5.41) is 16.6. The zero-order chi connectivity index (χ0) is 16.4. The third-order valence-corrected chi connectivity index (χ3v) is 3.87. The first-order chi connectivity index (χ1) is 11.1. The average Bonchev–Trinajstić information content (AvgIpc) is 3.04. The van der Waals surface area contributed by atoms with E-state index in [4.69, 9.17) is 16.3 Å². The molecule has 1 atom stereocenters. The Hall–Kier alpha value is -2.38. The standard InChI is InChI=1S/C15H14ClN3O4/c16-10-3-1-9(2-4-10)11-7-12(18-17-11)14(20)19-5-6-23-8-13(19)15(21)22/h1-4,7,13H,5-6,8H2,(H,17,18)(H,21,22). The van der Waals surface area contributed by atoms with Crippen molar-refractivity contribution in [3.8, 4) is 11.3 Å². The molecule has 8 heteroatoms. The van der Waals surface area contributed by atoms with Gasteiger partial charge in [0.1, 0.15) is 5.69 Å². The second-order valence-electron chi connectivity index (χ2n) is 5.10. The zero-order valence-corrected chi connectivity index (χ0v) is 12.8. The lowest BCUT2D eigenvalue weighted by atomic mass is 10.1. The van der Waals surface area contributed by atoms with E-state index in [0.29, 0.717) is 17.3 Å². The van der Waals surface area contributed by atoms with Crippen molar-refractivity contribution in [2.45, 2.75) is 6.04 Å². The molecule has 1 unspecified atom stereocenters. The molecule has 1 aliphatic heterocycles. The Kier molecular flexibility index (Phi) is 4.31. The number of morpholine rings is 1. The lowest BCUT2D eigenvalue weighted by molar-refractivity contribution is -0.147. The number of carbonyl (C=O) groups is 2. The summed E-state index contributed by atoms with van der Waals surface area (Å²) < 4.78 is 5.13. The number of H-pyrrole nitrogens is 1. The number of benzene rings is 1. The highest BCUT2D eigenvalue weighted by atomic mass is 35.5. The molecule has 1 saturated heterocycles. The van der Waals surface area contributed by atoms with Gasteiger partial charge in [0.25, 0.3) is 5.91 Å². The number of carboxylic acids is 1. The van der Waals surface area contributed by atoms with Crippen LogP contribution in [0.4, 0.5) is 0 Å². The molecule has 0 bridgehead atoms. The first kappa shape index (κ1) is 15.5. The van der Waals surface area contributed by atoms with Crippen LogP contribution in [-0.2, 0) is 9.53 Å². The minimum absolute atomic E-state index is 0.0146. The van der Waals surface area contributed by atoms with Crippen LogP contribution in [-0.4, -0.2) is 57.9 Å². The molecular formula is C15H14ClN3O4. The van der Waals surface area contributed by atoms with Gasteiger partial charge >= 0.3 is 5.97 Å². The largest absolute Gasteiger partial charge is 0.480 e. The Labute approximate surface area is 136 Å². The van der Waals surface area contributed by atoms with Crippen molar-refractivity contribution in [3.63, 3.8) is 0 Å². The molecular weight excluding hydrogens is 322 g/mol. The van der Waals surface area contributed by atoms with Gasteiger partial charge in [-0.2, -0.15) is 5.10 Å². The molecule has 1 fully saturated rings. The average molecular weight is 336 g/mol. The van der Waals surface area contributed by atoms with Crippen molar-refractivity contribution < 1.29 is 19.4 Å². The number of nitrogens with zero attached hydrogens (tertiary/aromatic N) is 2. The maximum absolute atomic E-state index is 12.5. The highest BCUT2D eigenvalue weighted by Gasteiger charge is 2.34. The Balaban J connectivity index is 1.83. The molecule has 0 aliphatic carbocycles. The number of hydrogen-bond acceptors (Lipinski definition) is 4. The van der Waals surface area contributed by atoms with Gasteiger partial charge in [-0.25, -0.2) is 4.79 Å². The molecule has 23 heavy (non-hydrogen) atoms. The number of ether oxygens (including phenoxy) is 1. The number of nitrogens with one attached hydrogen (secondary N) is 1. The Morgan fingerprint density at radius 1 is 1.35 bits per heavy atom. The quantitative estimate of drug-likeness (QED) is 0.889. The summed E-state index contributed by atoms with van der Waals surface area (Å²) in [5.41, 5.74) is 1.63. The summed E-state index contributed by atoms with van der Waals surface area (Å²) in [6.07, 6.45) is 0. The molecule has 7 nitrogen and oxygen atoms in total. The minimum atomic E-state index is -1.09. The summed E-state index contributed by atoms with van der Waals surface area (Å²) in [6, 6.07) is 7.66. The summed E-state index contributed by atoms with van der Waals surface area (Å²) >= 11 is 5.85. The van der Waals surface area contributed by atoms with E-state index in [0.717, 1.165) is 5.56 Å². The van der Waals surface area contributed by atoms with Crippen molar-refractivity contribution in [2.24, 2.45) is 0 Å². The molecule has 1 amide bonds. The van der Waals surface area contributed by atoms with E-state index in [1.807, 2.05) is 0 Å². The number of halogens is 1. The second-order valence-corrected chi connectivity index (χ2v) is 5.54. The van der Waals surface area contributed by atoms with Gasteiger partial charge in [0.2, 0.25) is 0 Å². The lowest BCUT2D eigenvalue weighted by Gasteiger charge is -2.32. The number of hydrogen-bond donors (Lipinski definition) is 2. The summed E-state index contributed by atoms with van der Waals surface area (Å²) in [6.45, 7) is 0.526. The van der Waals surface area contributed by atoms with Gasteiger partial charge in [0.15, 0.2) is 6.04 Å². The van der Waals surface area contributed by atoms with E-state index in [2.05, 4.69) is 10.2 Å². The normalized spacial score (nSPS) is 18.0. The van der Waals surface area contributed by atoms with Crippen LogP contribution in [0.15, 0.2) is 30.3 Å². The van der Waals surface area contributed by atoms with E-state index in [1.165, 1.54) is 4.90 Å². The topological polar surface area (TPSA) is 95.5 Å². The number of carboxylic acid groups (broad SMARTS) is 1. The van der Waals surface area contributed by atoms with Crippen molar-refractivity contribution in [1.82, 2.24) is 15.1 Å². The molecule has 1 aromatic carbocycles. The van der Waals surface area contributed by atoms with E-state index in [9.17, 15) is 14.7 Å². The third kappa shape index (κ3) is 3.20. The fourth-order valence-corrected chi connectivity index (χ4v) is 2.53. The molecule has 120 valence electrons. The molecule has 0 radical (unpaired) electrons. The molecule has 2 heterocycles. The van der Waals surface area contributed by atoms with Gasteiger partial charge in [-0.1, -0.05) is 23.7 Å². The van der Waals surface area contributed by atoms with Gasteiger partial charge in [0.05, 0.1) is 18.9 Å². The summed E-state index contributed by atoms with van der Waals surface area (Å²) in [4.78, 5) is 25.1. The Bertz CT molecular complexity index is 729. The highest BCUT2D eigenvalue weighted by molar-refractivity contribution is 6.30. The maximum Gasteiger partial charge on any atom is 0.328 e. The number of aromatic amines is 1. The van der Waals surface area contributed by atoms with Crippen molar-refractivity contribution in [2.75, 3.05) is 19.8 Å². The van der Waals surface area contributed by atoms with Crippen LogP contribution in [0.1, 0.15) is 10.5 Å². The molecule has 0 saturated carbocycles. The van der Waals surface area contributed by atoms with Crippen LogP contribution < -0.4 is 0 Å². The Morgan fingerprint density at radius 3 is 2.78 bits per heavy atom.